The van der Waals surface area contributed by atoms with Gasteiger partial charge in [0, 0.05) is 18.6 Å². The average Bonchev–Trinajstić information content (AvgIpc) is 2.30. The Hall–Kier alpha value is -0.0800. The lowest BCUT2D eigenvalue weighted by Gasteiger charge is -2.40. The maximum Gasteiger partial charge on any atom is 0.00964 e. The molecule has 0 bridgehead atoms. The molecule has 0 unspecified atom stereocenters. The van der Waals surface area contributed by atoms with Gasteiger partial charge in [-0.05, 0) is 57.5 Å². The van der Waals surface area contributed by atoms with Crippen LogP contribution in [0.3, 0.4) is 0 Å². The highest BCUT2D eigenvalue weighted by Crippen LogP contribution is 2.30. The van der Waals surface area contributed by atoms with E-state index in [4.69, 9.17) is 0 Å². The Kier molecular flexibility index (Phi) is 5.30. The maximum atomic E-state index is 3.61. The molecule has 0 radical (unpaired) electrons. The lowest BCUT2D eigenvalue weighted by atomic mass is 9.83. The number of hydrogen-bond acceptors (Lipinski definition) is 2. The molecule has 0 amide bonds. The minimum Gasteiger partial charge on any atom is -0.314 e. The van der Waals surface area contributed by atoms with Crippen molar-refractivity contribution in [3.63, 3.8) is 0 Å². The first kappa shape index (κ1) is 13.4. The molecule has 1 N–H and O–H groups in total. The van der Waals surface area contributed by atoms with E-state index in [1.54, 1.807) is 0 Å². The van der Waals surface area contributed by atoms with Crippen LogP contribution in [0.4, 0.5) is 0 Å². The van der Waals surface area contributed by atoms with Gasteiger partial charge in [0.25, 0.3) is 0 Å². The van der Waals surface area contributed by atoms with Gasteiger partial charge in [-0.2, -0.15) is 0 Å². The molecule has 0 aliphatic heterocycles. The van der Waals surface area contributed by atoms with Gasteiger partial charge in [0.15, 0.2) is 0 Å². The summed E-state index contributed by atoms with van der Waals surface area (Å²) >= 11 is 0. The van der Waals surface area contributed by atoms with E-state index < -0.39 is 0 Å². The molecule has 2 fully saturated rings. The average molecular weight is 238 g/mol. The second kappa shape index (κ2) is 6.75. The summed E-state index contributed by atoms with van der Waals surface area (Å²) in [6.45, 7) is 8.34. The molecular weight excluding hydrogens is 208 g/mol. The Morgan fingerprint density at radius 3 is 2.18 bits per heavy atom. The molecule has 2 aliphatic rings. The first-order valence-electron chi connectivity index (χ1n) is 7.80. The molecule has 0 aromatic carbocycles. The fraction of sp³-hybridized carbons (Fsp3) is 1.00. The van der Waals surface area contributed by atoms with Crippen LogP contribution in [-0.2, 0) is 0 Å². The summed E-state index contributed by atoms with van der Waals surface area (Å²) in [7, 11) is 0. The Morgan fingerprint density at radius 2 is 1.71 bits per heavy atom. The van der Waals surface area contributed by atoms with E-state index in [2.05, 4.69) is 24.1 Å². The molecule has 2 rings (SSSR count). The van der Waals surface area contributed by atoms with Crippen molar-refractivity contribution in [2.24, 2.45) is 5.92 Å². The summed E-state index contributed by atoms with van der Waals surface area (Å²) in [5.41, 5.74) is 0. The Balaban J connectivity index is 1.72. The second-order valence-electron chi connectivity index (χ2n) is 5.95. The minimum atomic E-state index is 0.804. The summed E-state index contributed by atoms with van der Waals surface area (Å²) in [4.78, 5) is 2.77. The second-order valence-corrected chi connectivity index (χ2v) is 5.95. The Labute approximate surface area is 107 Å². The molecule has 2 saturated carbocycles. The fourth-order valence-corrected chi connectivity index (χ4v) is 3.48. The van der Waals surface area contributed by atoms with Crippen molar-refractivity contribution in [2.75, 3.05) is 19.6 Å². The van der Waals surface area contributed by atoms with Crippen LogP contribution in [0.5, 0.6) is 0 Å². The molecular formula is C15H30N2. The van der Waals surface area contributed by atoms with Gasteiger partial charge in [0.05, 0.1) is 0 Å². The summed E-state index contributed by atoms with van der Waals surface area (Å²) in [5, 5.41) is 3.61. The lowest BCUT2D eigenvalue weighted by molar-refractivity contribution is 0.107. The van der Waals surface area contributed by atoms with Gasteiger partial charge < -0.3 is 10.2 Å². The molecule has 2 aliphatic carbocycles. The van der Waals surface area contributed by atoms with Crippen molar-refractivity contribution >= 4 is 0 Å². The largest absolute Gasteiger partial charge is 0.314 e. The van der Waals surface area contributed by atoms with E-state index in [-0.39, 0.29) is 0 Å². The van der Waals surface area contributed by atoms with Gasteiger partial charge >= 0.3 is 0 Å². The van der Waals surface area contributed by atoms with Crippen LogP contribution in [0.25, 0.3) is 0 Å². The van der Waals surface area contributed by atoms with Crippen LogP contribution in [0.15, 0.2) is 0 Å². The van der Waals surface area contributed by atoms with Crippen LogP contribution in [0, 0.1) is 5.92 Å². The number of nitrogens with zero attached hydrogens (tertiary/aromatic N) is 1. The highest BCUT2D eigenvalue weighted by molar-refractivity contribution is 4.84. The van der Waals surface area contributed by atoms with Crippen LogP contribution in [0.1, 0.15) is 58.8 Å². The van der Waals surface area contributed by atoms with Gasteiger partial charge in [-0.1, -0.05) is 20.3 Å². The van der Waals surface area contributed by atoms with Gasteiger partial charge in [-0.15, -0.1) is 0 Å². The third-order valence-electron chi connectivity index (χ3n) is 4.83. The van der Waals surface area contributed by atoms with Crippen LogP contribution in [-0.4, -0.2) is 36.6 Å². The normalized spacial score (nSPS) is 30.5. The summed E-state index contributed by atoms with van der Waals surface area (Å²) in [5.74, 6) is 1.03. The zero-order valence-corrected chi connectivity index (χ0v) is 11.8. The van der Waals surface area contributed by atoms with Crippen molar-refractivity contribution in [2.45, 2.75) is 70.9 Å². The van der Waals surface area contributed by atoms with E-state index in [0.29, 0.717) is 0 Å². The van der Waals surface area contributed by atoms with E-state index in [9.17, 15) is 0 Å². The summed E-state index contributed by atoms with van der Waals surface area (Å²) in [6.07, 6.45) is 10.1. The minimum absolute atomic E-state index is 0.804. The first-order valence-corrected chi connectivity index (χ1v) is 7.80. The highest BCUT2D eigenvalue weighted by Gasteiger charge is 2.27. The predicted octanol–water partition coefficient (Wildman–Crippen LogP) is 3.03. The van der Waals surface area contributed by atoms with Crippen LogP contribution >= 0.6 is 0 Å². The standard InChI is InChI=1S/C15H30N2/c1-3-16-14-8-10-15(11-9-14)17(4-2)12-13-6-5-7-13/h13-16H,3-12H2,1-2H3. The van der Waals surface area contributed by atoms with Crippen molar-refractivity contribution in [1.82, 2.24) is 10.2 Å². The van der Waals surface area contributed by atoms with Crippen molar-refractivity contribution < 1.29 is 0 Å². The number of hydrogen-bond donors (Lipinski definition) is 1. The van der Waals surface area contributed by atoms with Gasteiger partial charge in [0.1, 0.15) is 0 Å². The van der Waals surface area contributed by atoms with Crippen LogP contribution in [0.2, 0.25) is 0 Å². The van der Waals surface area contributed by atoms with E-state index in [0.717, 1.165) is 24.5 Å². The summed E-state index contributed by atoms with van der Waals surface area (Å²) < 4.78 is 0. The van der Waals surface area contributed by atoms with Crippen molar-refractivity contribution in [1.29, 1.82) is 0 Å². The SMILES string of the molecule is CCNC1CCC(N(CC)CC2CCC2)CC1. The zero-order valence-electron chi connectivity index (χ0n) is 11.8. The van der Waals surface area contributed by atoms with Crippen LogP contribution < -0.4 is 5.32 Å². The maximum absolute atomic E-state index is 3.61. The van der Waals surface area contributed by atoms with Gasteiger partial charge in [-0.3, -0.25) is 0 Å². The molecule has 0 spiro atoms. The van der Waals surface area contributed by atoms with E-state index in [1.165, 1.54) is 58.0 Å². The topological polar surface area (TPSA) is 15.3 Å². The van der Waals surface area contributed by atoms with Crippen molar-refractivity contribution in [3.8, 4) is 0 Å². The number of rotatable bonds is 6. The van der Waals surface area contributed by atoms with Gasteiger partial charge in [-0.25, -0.2) is 0 Å². The molecule has 100 valence electrons. The summed E-state index contributed by atoms with van der Waals surface area (Å²) in [6, 6.07) is 1.69. The molecule has 0 aromatic heterocycles. The zero-order chi connectivity index (χ0) is 12.1. The third kappa shape index (κ3) is 3.69. The molecule has 0 saturated heterocycles. The Morgan fingerprint density at radius 1 is 1.00 bits per heavy atom. The third-order valence-corrected chi connectivity index (χ3v) is 4.83. The quantitative estimate of drug-likeness (QED) is 0.765. The fourth-order valence-electron chi connectivity index (χ4n) is 3.48. The Bertz CT molecular complexity index is 205. The lowest BCUT2D eigenvalue weighted by Crippen LogP contribution is -2.44. The van der Waals surface area contributed by atoms with E-state index in [1.807, 2.05) is 0 Å². The number of nitrogens with one attached hydrogen (secondary N) is 1. The predicted molar refractivity (Wildman–Crippen MR) is 74.3 cm³/mol. The molecule has 0 aromatic rings. The smallest absolute Gasteiger partial charge is 0.00964 e. The van der Waals surface area contributed by atoms with E-state index >= 15 is 0 Å². The van der Waals surface area contributed by atoms with Crippen molar-refractivity contribution in [3.05, 3.63) is 0 Å². The molecule has 2 heteroatoms. The molecule has 17 heavy (non-hydrogen) atoms. The monoisotopic (exact) mass is 238 g/mol. The highest BCUT2D eigenvalue weighted by atomic mass is 15.2. The molecule has 2 nitrogen and oxygen atoms in total. The molecule has 0 atom stereocenters. The van der Waals surface area contributed by atoms with Gasteiger partial charge in [0.2, 0.25) is 0 Å². The molecule has 0 heterocycles. The first-order chi connectivity index (χ1) is 8.33.